The van der Waals surface area contributed by atoms with Crippen LogP contribution in [0.4, 0.5) is 4.39 Å². The fourth-order valence-electron chi connectivity index (χ4n) is 4.35. The first-order valence-corrected chi connectivity index (χ1v) is 10.2. The summed E-state index contributed by atoms with van der Waals surface area (Å²) in [6.45, 7) is 1.93. The van der Waals surface area contributed by atoms with E-state index in [4.69, 9.17) is 0 Å². The lowest BCUT2D eigenvalue weighted by Crippen LogP contribution is -2.47. The van der Waals surface area contributed by atoms with Crippen LogP contribution in [0.1, 0.15) is 41.0 Å². The molecule has 2 bridgehead atoms. The van der Waals surface area contributed by atoms with Crippen LogP contribution in [-0.4, -0.2) is 33.8 Å². The first-order valence-electron chi connectivity index (χ1n) is 9.39. The normalized spacial score (nSPS) is 24.4. The minimum atomic E-state index is -0.277. The second kappa shape index (κ2) is 6.42. The highest BCUT2D eigenvalue weighted by Gasteiger charge is 2.34. The van der Waals surface area contributed by atoms with Crippen molar-refractivity contribution >= 4 is 27.5 Å². The molecule has 0 saturated carbocycles. The number of amides is 1. The first kappa shape index (κ1) is 16.9. The van der Waals surface area contributed by atoms with E-state index in [9.17, 15) is 9.18 Å². The Bertz CT molecular complexity index is 997. The molecular weight excluding hydrogens is 363 g/mol. The van der Waals surface area contributed by atoms with Crippen LogP contribution in [0, 0.1) is 12.7 Å². The summed E-state index contributed by atoms with van der Waals surface area (Å²) in [7, 11) is 0. The molecule has 2 N–H and O–H groups in total. The van der Waals surface area contributed by atoms with E-state index in [-0.39, 0.29) is 17.8 Å². The minimum absolute atomic E-state index is 0.00689. The Morgan fingerprint density at radius 1 is 1.26 bits per heavy atom. The SMILES string of the molecule is Cc1nn(-c2ccc(F)cc2)c2sc(C(=O)NC3CC4CCC(C3)N4)cc12. The summed E-state index contributed by atoms with van der Waals surface area (Å²) in [5, 5.41) is 12.4. The fraction of sp³-hybridized carbons (Fsp3) is 0.400. The van der Waals surface area contributed by atoms with E-state index in [0.29, 0.717) is 17.0 Å². The molecule has 4 heterocycles. The Balaban J connectivity index is 1.42. The molecule has 1 aromatic carbocycles. The average Bonchev–Trinajstić information content (AvgIpc) is 3.31. The molecule has 7 heteroatoms. The van der Waals surface area contributed by atoms with Crippen LogP contribution in [0.3, 0.4) is 0 Å². The van der Waals surface area contributed by atoms with Crippen LogP contribution in [-0.2, 0) is 0 Å². The Kier molecular flexibility index (Phi) is 4.02. The van der Waals surface area contributed by atoms with E-state index in [1.807, 2.05) is 13.0 Å². The zero-order chi connectivity index (χ0) is 18.5. The molecule has 2 unspecified atom stereocenters. The number of carbonyl (C=O) groups is 1. The molecule has 5 rings (SSSR count). The van der Waals surface area contributed by atoms with E-state index in [0.717, 1.165) is 34.4 Å². The number of piperidine rings is 1. The largest absolute Gasteiger partial charge is 0.348 e. The summed E-state index contributed by atoms with van der Waals surface area (Å²) in [4.78, 5) is 14.4. The number of aromatic nitrogens is 2. The van der Waals surface area contributed by atoms with Crippen LogP contribution in [0.15, 0.2) is 30.3 Å². The summed E-state index contributed by atoms with van der Waals surface area (Å²) >= 11 is 1.44. The third-order valence-electron chi connectivity index (χ3n) is 5.65. The molecule has 2 aliphatic heterocycles. The van der Waals surface area contributed by atoms with Crippen molar-refractivity contribution in [3.05, 3.63) is 46.7 Å². The van der Waals surface area contributed by atoms with E-state index in [1.165, 1.54) is 36.3 Å². The van der Waals surface area contributed by atoms with Gasteiger partial charge in [0.25, 0.3) is 5.91 Å². The second-order valence-electron chi connectivity index (χ2n) is 7.58. The topological polar surface area (TPSA) is 59.0 Å². The lowest BCUT2D eigenvalue weighted by Gasteiger charge is -2.29. The zero-order valence-corrected chi connectivity index (χ0v) is 15.9. The standard InChI is InChI=1S/C20H21FN4OS/c1-11-17-10-18(19(26)23-15-8-13-4-5-14(9-15)22-13)27-20(17)25(24-11)16-6-2-12(21)3-7-16/h2-3,6-7,10,13-15,22H,4-5,8-9H2,1H3,(H,23,26). The monoisotopic (exact) mass is 384 g/mol. The van der Waals surface area contributed by atoms with Gasteiger partial charge in [0.1, 0.15) is 10.6 Å². The summed E-state index contributed by atoms with van der Waals surface area (Å²) in [5.74, 6) is -0.284. The zero-order valence-electron chi connectivity index (χ0n) is 15.0. The molecule has 3 aromatic rings. The van der Waals surface area contributed by atoms with Gasteiger partial charge < -0.3 is 10.6 Å². The van der Waals surface area contributed by atoms with Crippen LogP contribution in [0.2, 0.25) is 0 Å². The van der Waals surface area contributed by atoms with Crippen molar-refractivity contribution in [2.75, 3.05) is 0 Å². The van der Waals surface area contributed by atoms with Gasteiger partial charge in [-0.25, -0.2) is 9.07 Å². The van der Waals surface area contributed by atoms with Crippen LogP contribution < -0.4 is 10.6 Å². The van der Waals surface area contributed by atoms with E-state index >= 15 is 0 Å². The number of benzene rings is 1. The molecule has 2 aliphatic rings. The number of rotatable bonds is 3. The highest BCUT2D eigenvalue weighted by Crippen LogP contribution is 2.31. The summed E-state index contributed by atoms with van der Waals surface area (Å²) in [6.07, 6.45) is 4.45. The Labute approximate surface area is 160 Å². The highest BCUT2D eigenvalue weighted by molar-refractivity contribution is 7.20. The van der Waals surface area contributed by atoms with Crippen LogP contribution in [0.5, 0.6) is 0 Å². The van der Waals surface area contributed by atoms with Crippen molar-refractivity contribution in [2.24, 2.45) is 0 Å². The van der Waals surface area contributed by atoms with Crippen LogP contribution >= 0.6 is 11.3 Å². The maximum Gasteiger partial charge on any atom is 0.261 e. The Hall–Kier alpha value is -2.25. The summed E-state index contributed by atoms with van der Waals surface area (Å²) in [6, 6.07) is 9.51. The molecule has 2 fully saturated rings. The third-order valence-corrected chi connectivity index (χ3v) is 6.76. The number of aryl methyl sites for hydroxylation is 1. The number of hydrogen-bond donors (Lipinski definition) is 2. The molecule has 2 atom stereocenters. The van der Waals surface area contributed by atoms with E-state index in [1.54, 1.807) is 16.8 Å². The molecule has 0 radical (unpaired) electrons. The molecule has 2 aromatic heterocycles. The quantitative estimate of drug-likeness (QED) is 0.726. The molecule has 140 valence electrons. The van der Waals surface area contributed by atoms with Gasteiger partial charge in [-0.1, -0.05) is 0 Å². The fourth-order valence-corrected chi connectivity index (χ4v) is 5.43. The molecule has 2 saturated heterocycles. The van der Waals surface area contributed by atoms with Crippen molar-refractivity contribution in [1.29, 1.82) is 0 Å². The molecule has 0 aliphatic carbocycles. The van der Waals surface area contributed by atoms with Gasteiger partial charge in [-0.2, -0.15) is 5.10 Å². The smallest absolute Gasteiger partial charge is 0.261 e. The average molecular weight is 384 g/mol. The van der Waals surface area contributed by atoms with Crippen molar-refractivity contribution in [2.45, 2.75) is 50.7 Å². The van der Waals surface area contributed by atoms with Crippen molar-refractivity contribution < 1.29 is 9.18 Å². The van der Waals surface area contributed by atoms with E-state index in [2.05, 4.69) is 15.7 Å². The van der Waals surface area contributed by atoms with Gasteiger partial charge in [-0.15, -0.1) is 11.3 Å². The summed E-state index contributed by atoms with van der Waals surface area (Å²) in [5.41, 5.74) is 1.66. The second-order valence-corrected chi connectivity index (χ2v) is 8.61. The number of thiophene rings is 1. The number of fused-ring (bicyclic) bond motifs is 3. The molecule has 27 heavy (non-hydrogen) atoms. The predicted molar refractivity (Wildman–Crippen MR) is 104 cm³/mol. The highest BCUT2D eigenvalue weighted by atomic mass is 32.1. The maximum atomic E-state index is 13.2. The lowest BCUT2D eigenvalue weighted by atomic mass is 10.00. The van der Waals surface area contributed by atoms with Gasteiger partial charge in [0, 0.05) is 23.5 Å². The van der Waals surface area contributed by atoms with Crippen LogP contribution in [0.25, 0.3) is 15.9 Å². The van der Waals surface area contributed by atoms with Gasteiger partial charge in [-0.05, 0) is 62.9 Å². The maximum absolute atomic E-state index is 13.2. The minimum Gasteiger partial charge on any atom is -0.348 e. The van der Waals surface area contributed by atoms with Gasteiger partial charge in [-0.3, -0.25) is 4.79 Å². The van der Waals surface area contributed by atoms with Crippen molar-refractivity contribution in [1.82, 2.24) is 20.4 Å². The van der Waals surface area contributed by atoms with Gasteiger partial charge in [0.15, 0.2) is 0 Å². The number of carbonyl (C=O) groups excluding carboxylic acids is 1. The van der Waals surface area contributed by atoms with Gasteiger partial charge >= 0.3 is 0 Å². The predicted octanol–water partition coefficient (Wildman–Crippen LogP) is 3.55. The lowest BCUT2D eigenvalue weighted by molar-refractivity contribution is 0.0928. The number of nitrogens with zero attached hydrogens (tertiary/aromatic N) is 2. The molecule has 0 spiro atoms. The summed E-state index contributed by atoms with van der Waals surface area (Å²) < 4.78 is 15.0. The molecular formula is C20H21FN4OS. The number of halogens is 1. The van der Waals surface area contributed by atoms with Gasteiger partial charge in [0.05, 0.1) is 16.3 Å². The van der Waals surface area contributed by atoms with E-state index < -0.39 is 0 Å². The van der Waals surface area contributed by atoms with Crippen molar-refractivity contribution in [3.63, 3.8) is 0 Å². The number of hydrogen-bond acceptors (Lipinski definition) is 4. The van der Waals surface area contributed by atoms with Gasteiger partial charge in [0.2, 0.25) is 0 Å². The third kappa shape index (κ3) is 3.04. The Morgan fingerprint density at radius 2 is 1.96 bits per heavy atom. The molecule has 5 nitrogen and oxygen atoms in total. The number of nitrogens with one attached hydrogen (secondary N) is 2. The Morgan fingerprint density at radius 3 is 2.67 bits per heavy atom. The first-order chi connectivity index (χ1) is 13.1. The molecule has 1 amide bonds. The van der Waals surface area contributed by atoms with Crippen molar-refractivity contribution in [3.8, 4) is 5.69 Å².